The van der Waals surface area contributed by atoms with Gasteiger partial charge in [-0.25, -0.2) is 0 Å². The molecule has 1 aromatic rings. The monoisotopic (exact) mass is 176 g/mol. The SMILES string of the molecule is CCC1OCCc2cc(C)ccc21. The normalized spacial score (nSPS) is 21.2. The van der Waals surface area contributed by atoms with Gasteiger partial charge in [0.15, 0.2) is 0 Å². The fourth-order valence-corrected chi connectivity index (χ4v) is 2.00. The first kappa shape index (κ1) is 8.76. The highest BCUT2D eigenvalue weighted by Gasteiger charge is 2.18. The Labute approximate surface area is 79.7 Å². The predicted octanol–water partition coefficient (Wildman–Crippen LogP) is 3.02. The van der Waals surface area contributed by atoms with E-state index < -0.39 is 0 Å². The summed E-state index contributed by atoms with van der Waals surface area (Å²) in [6.07, 6.45) is 2.49. The molecule has 1 nitrogen and oxygen atoms in total. The average Bonchev–Trinajstić information content (AvgIpc) is 2.16. The van der Waals surface area contributed by atoms with Crippen LogP contribution in [0.1, 0.15) is 36.1 Å². The Balaban J connectivity index is 2.40. The summed E-state index contributed by atoms with van der Waals surface area (Å²) in [7, 11) is 0. The van der Waals surface area contributed by atoms with Crippen LogP contribution in [0.4, 0.5) is 0 Å². The van der Waals surface area contributed by atoms with E-state index in [0.717, 1.165) is 19.4 Å². The lowest BCUT2D eigenvalue weighted by atomic mass is 9.94. The van der Waals surface area contributed by atoms with E-state index in [-0.39, 0.29) is 0 Å². The van der Waals surface area contributed by atoms with Crippen LogP contribution in [0.25, 0.3) is 0 Å². The van der Waals surface area contributed by atoms with Gasteiger partial charge in [0.1, 0.15) is 0 Å². The number of benzene rings is 1. The summed E-state index contributed by atoms with van der Waals surface area (Å²) in [6, 6.07) is 6.69. The molecule has 0 amide bonds. The van der Waals surface area contributed by atoms with Crippen molar-refractivity contribution < 1.29 is 4.74 Å². The first-order chi connectivity index (χ1) is 6.31. The van der Waals surface area contributed by atoms with E-state index in [9.17, 15) is 0 Å². The molecule has 0 fully saturated rings. The molecule has 0 N–H and O–H groups in total. The van der Waals surface area contributed by atoms with Gasteiger partial charge in [0.2, 0.25) is 0 Å². The van der Waals surface area contributed by atoms with Gasteiger partial charge in [-0.3, -0.25) is 0 Å². The highest BCUT2D eigenvalue weighted by molar-refractivity contribution is 5.34. The summed E-state index contributed by atoms with van der Waals surface area (Å²) < 4.78 is 5.69. The van der Waals surface area contributed by atoms with E-state index in [1.54, 1.807) is 0 Å². The minimum absolute atomic E-state index is 0.337. The minimum atomic E-state index is 0.337. The van der Waals surface area contributed by atoms with Crippen LogP contribution < -0.4 is 0 Å². The van der Waals surface area contributed by atoms with E-state index in [4.69, 9.17) is 4.74 Å². The van der Waals surface area contributed by atoms with Gasteiger partial charge in [0.25, 0.3) is 0 Å². The van der Waals surface area contributed by atoms with Crippen molar-refractivity contribution in [3.05, 3.63) is 34.9 Å². The molecule has 0 radical (unpaired) electrons. The lowest BCUT2D eigenvalue weighted by Crippen LogP contribution is -2.15. The Kier molecular flexibility index (Phi) is 2.36. The molecule has 1 aliphatic rings. The van der Waals surface area contributed by atoms with Gasteiger partial charge >= 0.3 is 0 Å². The van der Waals surface area contributed by atoms with Crippen LogP contribution in [0.2, 0.25) is 0 Å². The molecule has 70 valence electrons. The van der Waals surface area contributed by atoms with Crippen LogP contribution in [0, 0.1) is 6.92 Å². The zero-order valence-corrected chi connectivity index (χ0v) is 8.34. The van der Waals surface area contributed by atoms with Gasteiger partial charge in [-0.15, -0.1) is 0 Å². The number of hydrogen-bond donors (Lipinski definition) is 0. The molecule has 1 heteroatoms. The van der Waals surface area contributed by atoms with Gasteiger partial charge in [-0.2, -0.15) is 0 Å². The predicted molar refractivity (Wildman–Crippen MR) is 53.9 cm³/mol. The van der Waals surface area contributed by atoms with Crippen molar-refractivity contribution in [2.45, 2.75) is 32.8 Å². The fraction of sp³-hybridized carbons (Fsp3) is 0.500. The first-order valence-electron chi connectivity index (χ1n) is 5.02. The Hall–Kier alpha value is -0.820. The van der Waals surface area contributed by atoms with E-state index >= 15 is 0 Å². The van der Waals surface area contributed by atoms with Crippen molar-refractivity contribution in [1.82, 2.24) is 0 Å². The van der Waals surface area contributed by atoms with E-state index in [2.05, 4.69) is 32.0 Å². The molecular formula is C12H16O. The van der Waals surface area contributed by atoms with Crippen molar-refractivity contribution in [1.29, 1.82) is 0 Å². The van der Waals surface area contributed by atoms with Crippen molar-refractivity contribution in [3.63, 3.8) is 0 Å². The van der Waals surface area contributed by atoms with Gasteiger partial charge in [0.05, 0.1) is 12.7 Å². The van der Waals surface area contributed by atoms with E-state index in [1.807, 2.05) is 0 Å². The fourth-order valence-electron chi connectivity index (χ4n) is 2.00. The molecule has 1 unspecified atom stereocenters. The molecule has 1 atom stereocenters. The highest BCUT2D eigenvalue weighted by Crippen LogP contribution is 2.29. The Morgan fingerprint density at radius 1 is 1.46 bits per heavy atom. The summed E-state index contributed by atoms with van der Waals surface area (Å²) in [6.45, 7) is 5.21. The molecule has 1 aliphatic heterocycles. The van der Waals surface area contributed by atoms with Gasteiger partial charge in [0, 0.05) is 0 Å². The minimum Gasteiger partial charge on any atom is -0.373 e. The molecule has 0 saturated carbocycles. The number of ether oxygens (including phenoxy) is 1. The lowest BCUT2D eigenvalue weighted by Gasteiger charge is -2.25. The average molecular weight is 176 g/mol. The lowest BCUT2D eigenvalue weighted by molar-refractivity contribution is 0.0399. The van der Waals surface area contributed by atoms with Crippen LogP contribution >= 0.6 is 0 Å². The van der Waals surface area contributed by atoms with Crippen LogP contribution in [-0.4, -0.2) is 6.61 Å². The van der Waals surface area contributed by atoms with Crippen molar-refractivity contribution in [2.75, 3.05) is 6.61 Å². The number of fused-ring (bicyclic) bond motifs is 1. The summed E-state index contributed by atoms with van der Waals surface area (Å²) in [4.78, 5) is 0. The first-order valence-corrected chi connectivity index (χ1v) is 5.02. The Morgan fingerprint density at radius 3 is 3.08 bits per heavy atom. The molecule has 0 saturated heterocycles. The second kappa shape index (κ2) is 3.51. The number of hydrogen-bond acceptors (Lipinski definition) is 1. The maximum atomic E-state index is 5.69. The largest absolute Gasteiger partial charge is 0.373 e. The van der Waals surface area contributed by atoms with Gasteiger partial charge in [-0.05, 0) is 30.9 Å². The smallest absolute Gasteiger partial charge is 0.0825 e. The summed E-state index contributed by atoms with van der Waals surface area (Å²) >= 11 is 0. The van der Waals surface area contributed by atoms with Crippen LogP contribution in [0.3, 0.4) is 0 Å². The highest BCUT2D eigenvalue weighted by atomic mass is 16.5. The third kappa shape index (κ3) is 1.61. The molecule has 0 spiro atoms. The summed E-state index contributed by atoms with van der Waals surface area (Å²) in [5.41, 5.74) is 4.24. The van der Waals surface area contributed by atoms with Gasteiger partial charge in [-0.1, -0.05) is 30.7 Å². The van der Waals surface area contributed by atoms with E-state index in [0.29, 0.717) is 6.10 Å². The third-order valence-electron chi connectivity index (χ3n) is 2.71. The van der Waals surface area contributed by atoms with Crippen LogP contribution in [-0.2, 0) is 11.2 Å². The Morgan fingerprint density at radius 2 is 2.31 bits per heavy atom. The molecule has 1 heterocycles. The zero-order valence-electron chi connectivity index (χ0n) is 8.34. The molecule has 13 heavy (non-hydrogen) atoms. The van der Waals surface area contributed by atoms with Gasteiger partial charge < -0.3 is 4.74 Å². The summed E-state index contributed by atoms with van der Waals surface area (Å²) in [5, 5.41) is 0. The maximum Gasteiger partial charge on any atom is 0.0825 e. The molecule has 0 aliphatic carbocycles. The van der Waals surface area contributed by atoms with Crippen molar-refractivity contribution in [2.24, 2.45) is 0 Å². The second-order valence-corrected chi connectivity index (χ2v) is 3.72. The number of aryl methyl sites for hydroxylation is 1. The zero-order chi connectivity index (χ0) is 9.26. The topological polar surface area (TPSA) is 9.23 Å². The summed E-state index contributed by atoms with van der Waals surface area (Å²) in [5.74, 6) is 0. The second-order valence-electron chi connectivity index (χ2n) is 3.72. The van der Waals surface area contributed by atoms with E-state index in [1.165, 1.54) is 16.7 Å². The molecule has 0 aromatic heterocycles. The molecule has 0 bridgehead atoms. The molecular weight excluding hydrogens is 160 g/mol. The van der Waals surface area contributed by atoms with Crippen molar-refractivity contribution >= 4 is 0 Å². The molecule has 1 aromatic carbocycles. The number of rotatable bonds is 1. The van der Waals surface area contributed by atoms with Crippen LogP contribution in [0.15, 0.2) is 18.2 Å². The Bertz CT molecular complexity index is 304. The standard InChI is InChI=1S/C12H16O/c1-3-12-11-5-4-9(2)8-10(11)6-7-13-12/h4-5,8,12H,3,6-7H2,1-2H3. The maximum absolute atomic E-state index is 5.69. The quantitative estimate of drug-likeness (QED) is 0.639. The van der Waals surface area contributed by atoms with Crippen molar-refractivity contribution in [3.8, 4) is 0 Å². The third-order valence-corrected chi connectivity index (χ3v) is 2.71. The molecule has 2 rings (SSSR count). The van der Waals surface area contributed by atoms with Crippen LogP contribution in [0.5, 0.6) is 0 Å².